The molecular formula is C19H25ClNO2. The summed E-state index contributed by atoms with van der Waals surface area (Å²) in [6.45, 7) is 0.612. The van der Waals surface area contributed by atoms with E-state index in [1.807, 2.05) is 0 Å². The molecule has 1 N–H and O–H groups in total. The molecule has 5 radical (unpaired) electrons. The number of hydrogen-bond donors (Lipinski definition) is 1. The van der Waals surface area contributed by atoms with Gasteiger partial charge < -0.3 is 5.32 Å². The van der Waals surface area contributed by atoms with Crippen LogP contribution in [0.2, 0.25) is 5.02 Å². The maximum absolute atomic E-state index is 12.2. The average Bonchev–Trinajstić information content (AvgIpc) is 2.46. The van der Waals surface area contributed by atoms with Crippen LogP contribution in [0.3, 0.4) is 0 Å². The first kappa shape index (κ1) is 21.6. The van der Waals surface area contributed by atoms with Crippen molar-refractivity contribution < 1.29 is 9.59 Å². The zero-order valence-corrected chi connectivity index (χ0v) is 14.3. The van der Waals surface area contributed by atoms with Crippen LogP contribution in [0.4, 0.5) is 0 Å². The lowest BCUT2D eigenvalue weighted by Crippen LogP contribution is -2.29. The van der Waals surface area contributed by atoms with Crippen LogP contribution in [0.15, 0.2) is 18.2 Å². The largest absolute Gasteiger partial charge is 0.351 e. The summed E-state index contributed by atoms with van der Waals surface area (Å²) in [6, 6.07) is 4.73. The summed E-state index contributed by atoms with van der Waals surface area (Å²) < 4.78 is 0. The Hall–Kier alpha value is -1.35. The number of amides is 1. The second-order valence-electron chi connectivity index (χ2n) is 5.56. The molecule has 23 heavy (non-hydrogen) atoms. The van der Waals surface area contributed by atoms with Crippen molar-refractivity contribution in [1.29, 1.82) is 0 Å². The van der Waals surface area contributed by atoms with E-state index in [9.17, 15) is 9.59 Å². The molecule has 2 rings (SSSR count). The monoisotopic (exact) mass is 334 g/mol. The predicted molar refractivity (Wildman–Crippen MR) is 95.4 cm³/mol. The van der Waals surface area contributed by atoms with Crippen molar-refractivity contribution >= 4 is 23.8 Å². The fraction of sp³-hybridized carbons (Fsp3) is 0.421. The van der Waals surface area contributed by atoms with E-state index in [0.29, 0.717) is 22.7 Å². The van der Waals surface area contributed by atoms with E-state index in [0.717, 1.165) is 19.1 Å². The van der Waals surface area contributed by atoms with Gasteiger partial charge in [0.25, 0.3) is 5.91 Å². The van der Waals surface area contributed by atoms with Gasteiger partial charge in [-0.25, -0.2) is 0 Å². The molecule has 125 valence electrons. The molecule has 1 aliphatic rings. The molecule has 0 unspecified atom stereocenters. The van der Waals surface area contributed by atoms with Crippen LogP contribution in [0.1, 0.15) is 65.7 Å². The first-order valence-corrected chi connectivity index (χ1v) is 7.95. The van der Waals surface area contributed by atoms with Gasteiger partial charge in [0.15, 0.2) is 0 Å². The molecule has 1 saturated carbocycles. The van der Waals surface area contributed by atoms with Crippen LogP contribution < -0.4 is 5.32 Å². The maximum atomic E-state index is 12.2. The zero-order chi connectivity index (χ0) is 15.1. The molecule has 0 saturated heterocycles. The van der Waals surface area contributed by atoms with Gasteiger partial charge in [-0.3, -0.25) is 9.59 Å². The fourth-order valence-corrected chi connectivity index (χ4v) is 2.88. The van der Waals surface area contributed by atoms with Gasteiger partial charge in [-0.2, -0.15) is 0 Å². The van der Waals surface area contributed by atoms with E-state index in [2.05, 4.69) is 5.32 Å². The predicted octanol–water partition coefficient (Wildman–Crippen LogP) is 4.86. The highest BCUT2D eigenvalue weighted by Crippen LogP contribution is 2.23. The van der Waals surface area contributed by atoms with Gasteiger partial charge in [-0.05, 0) is 30.9 Å². The Kier molecular flexibility index (Phi) is 10.6. The number of halogens is 1. The number of nitrogens with one attached hydrogen (secondary N) is 1. The summed E-state index contributed by atoms with van der Waals surface area (Å²) in [5.74, 6) is 1.20. The Balaban J connectivity index is 0.00000242. The number of carbonyl (C=O) groups excluding carboxylic acids is 2. The summed E-state index contributed by atoms with van der Waals surface area (Å²) in [4.78, 5) is 23.0. The normalized spacial score (nSPS) is 15.3. The first-order valence-electron chi connectivity index (χ1n) is 7.57. The molecule has 1 fully saturated rings. The van der Waals surface area contributed by atoms with Crippen molar-refractivity contribution in [3.63, 3.8) is 0 Å². The van der Waals surface area contributed by atoms with E-state index < -0.39 is 0 Å². The molecule has 1 aromatic carbocycles. The standard InChI is InChI=1S/C17H21ClNO2.2CH2/c18-16-9-8-14(12-20)10-15(16)17(21)19-11-13-6-4-2-1-3-5-7-13;;/h8-10,12H,1-7,11H2,(H,19,21);2*1H2. The molecule has 0 spiro atoms. The summed E-state index contributed by atoms with van der Waals surface area (Å²) in [5.41, 5.74) is 0.830. The van der Waals surface area contributed by atoms with Gasteiger partial charge in [-0.15, -0.1) is 0 Å². The molecule has 0 atom stereocenters. The molecule has 4 heteroatoms. The molecular weight excluding hydrogens is 310 g/mol. The lowest BCUT2D eigenvalue weighted by Gasteiger charge is -2.19. The molecule has 1 aliphatic carbocycles. The SMILES string of the molecule is O=Cc1ccc(Cl)c(C(=O)NC[C]2CCCCCCC2)c1.[CH2].[CH2]. The average molecular weight is 335 g/mol. The van der Waals surface area contributed by atoms with E-state index in [4.69, 9.17) is 11.6 Å². The Morgan fingerprint density at radius 1 is 1.09 bits per heavy atom. The van der Waals surface area contributed by atoms with E-state index in [1.165, 1.54) is 44.1 Å². The Bertz CT molecular complexity index is 494. The third kappa shape index (κ3) is 6.74. The van der Waals surface area contributed by atoms with Gasteiger partial charge >= 0.3 is 0 Å². The highest BCUT2D eigenvalue weighted by molar-refractivity contribution is 6.34. The lowest BCUT2D eigenvalue weighted by atomic mass is 9.91. The van der Waals surface area contributed by atoms with Crippen molar-refractivity contribution in [2.45, 2.75) is 44.9 Å². The van der Waals surface area contributed by atoms with Crippen molar-refractivity contribution in [2.75, 3.05) is 6.54 Å². The van der Waals surface area contributed by atoms with Crippen molar-refractivity contribution in [3.8, 4) is 0 Å². The summed E-state index contributed by atoms with van der Waals surface area (Å²) in [6.07, 6.45) is 9.24. The van der Waals surface area contributed by atoms with Gasteiger partial charge in [0.1, 0.15) is 6.29 Å². The third-order valence-corrected chi connectivity index (χ3v) is 4.26. The highest BCUT2D eigenvalue weighted by Gasteiger charge is 2.15. The quantitative estimate of drug-likeness (QED) is 0.799. The van der Waals surface area contributed by atoms with E-state index in [-0.39, 0.29) is 20.8 Å². The Morgan fingerprint density at radius 2 is 1.70 bits per heavy atom. The zero-order valence-electron chi connectivity index (χ0n) is 13.6. The van der Waals surface area contributed by atoms with Gasteiger partial charge in [0.05, 0.1) is 10.6 Å². The first-order chi connectivity index (χ1) is 10.2. The minimum atomic E-state index is -0.210. The van der Waals surface area contributed by atoms with Gasteiger partial charge in [0.2, 0.25) is 0 Å². The smallest absolute Gasteiger partial charge is 0.252 e. The lowest BCUT2D eigenvalue weighted by molar-refractivity contribution is 0.0954. The number of hydrogen-bond acceptors (Lipinski definition) is 2. The molecule has 3 nitrogen and oxygen atoms in total. The van der Waals surface area contributed by atoms with Crippen LogP contribution in [0.25, 0.3) is 0 Å². The Labute approximate surface area is 145 Å². The van der Waals surface area contributed by atoms with Gasteiger partial charge in [-0.1, -0.05) is 64.6 Å². The third-order valence-electron chi connectivity index (χ3n) is 3.93. The molecule has 0 bridgehead atoms. The van der Waals surface area contributed by atoms with Crippen molar-refractivity contribution in [1.82, 2.24) is 5.32 Å². The second kappa shape index (κ2) is 11.2. The van der Waals surface area contributed by atoms with Crippen LogP contribution in [-0.2, 0) is 0 Å². The van der Waals surface area contributed by atoms with Crippen LogP contribution >= 0.6 is 11.6 Å². The number of benzene rings is 1. The number of rotatable bonds is 4. The summed E-state index contributed by atoms with van der Waals surface area (Å²) in [7, 11) is 0. The highest BCUT2D eigenvalue weighted by atomic mass is 35.5. The summed E-state index contributed by atoms with van der Waals surface area (Å²) >= 11 is 6.03. The van der Waals surface area contributed by atoms with E-state index >= 15 is 0 Å². The maximum Gasteiger partial charge on any atom is 0.252 e. The van der Waals surface area contributed by atoms with Crippen LogP contribution in [0.5, 0.6) is 0 Å². The minimum Gasteiger partial charge on any atom is -0.351 e. The molecule has 0 aliphatic heterocycles. The molecule has 0 aromatic heterocycles. The van der Waals surface area contributed by atoms with Crippen molar-refractivity contribution in [2.24, 2.45) is 0 Å². The van der Waals surface area contributed by atoms with Crippen LogP contribution in [0, 0.1) is 20.8 Å². The van der Waals surface area contributed by atoms with Crippen LogP contribution in [-0.4, -0.2) is 18.7 Å². The van der Waals surface area contributed by atoms with E-state index in [1.54, 1.807) is 12.1 Å². The topological polar surface area (TPSA) is 46.2 Å². The fourth-order valence-electron chi connectivity index (χ4n) is 2.67. The second-order valence-corrected chi connectivity index (χ2v) is 5.96. The van der Waals surface area contributed by atoms with Gasteiger partial charge in [0, 0.05) is 12.1 Å². The molecule has 0 heterocycles. The number of aldehydes is 1. The molecule has 1 aromatic rings. The summed E-state index contributed by atoms with van der Waals surface area (Å²) in [5, 5.41) is 3.31. The molecule has 1 amide bonds. The number of carbonyl (C=O) groups is 2. The van der Waals surface area contributed by atoms with Crippen molar-refractivity contribution in [3.05, 3.63) is 55.1 Å². The minimum absolute atomic E-state index is 0. The Morgan fingerprint density at radius 3 is 2.30 bits per heavy atom.